The summed E-state index contributed by atoms with van der Waals surface area (Å²) in [6, 6.07) is -0.0306. The van der Waals surface area contributed by atoms with E-state index in [1.165, 1.54) is 23.1 Å². The molecular weight excluding hydrogens is 346 g/mol. The van der Waals surface area contributed by atoms with Crippen LogP contribution in [0.4, 0.5) is 0 Å². The normalized spacial score (nSPS) is 13.9. The zero-order valence-corrected chi connectivity index (χ0v) is 16.2. The predicted octanol–water partition coefficient (Wildman–Crippen LogP) is 2.37. The average molecular weight is 370 g/mol. The number of thioether (sulfide) groups is 1. The van der Waals surface area contributed by atoms with Gasteiger partial charge in [-0.3, -0.25) is 9.59 Å². The molecule has 2 heterocycles. The molecule has 2 aromatic heterocycles. The van der Waals surface area contributed by atoms with Crippen molar-refractivity contribution in [1.82, 2.24) is 15.3 Å². The number of ether oxygens (including phenoxy) is 1. The fourth-order valence-electron chi connectivity index (χ4n) is 2.30. The standard InChI is InChI=1S/C16H23N3O3S2/c1-8(6-22-5)17-14(20)11(4)23-7-12-18-15(21)13-9(2)10(3)24-16(13)19-12/h8,11H,6-7H2,1-5H3,(H,17,20)(H,18,19,21). The Morgan fingerprint density at radius 3 is 2.79 bits per heavy atom. The lowest BCUT2D eigenvalue weighted by atomic mass is 10.2. The van der Waals surface area contributed by atoms with E-state index in [4.69, 9.17) is 4.74 Å². The summed E-state index contributed by atoms with van der Waals surface area (Å²) < 4.78 is 5.01. The van der Waals surface area contributed by atoms with Crippen LogP contribution in [0.25, 0.3) is 10.2 Å². The Balaban J connectivity index is 2.03. The van der Waals surface area contributed by atoms with Crippen LogP contribution in [0.1, 0.15) is 30.1 Å². The second-order valence-corrected chi connectivity index (χ2v) is 8.33. The zero-order chi connectivity index (χ0) is 17.9. The molecule has 0 bridgehead atoms. The number of carbonyl (C=O) groups is 1. The molecular formula is C16H23N3O3S2. The second kappa shape index (κ2) is 8.13. The van der Waals surface area contributed by atoms with Gasteiger partial charge >= 0.3 is 0 Å². The summed E-state index contributed by atoms with van der Waals surface area (Å²) in [5, 5.41) is 3.33. The molecule has 0 aromatic carbocycles. The second-order valence-electron chi connectivity index (χ2n) is 5.79. The Hall–Kier alpha value is -1.38. The van der Waals surface area contributed by atoms with Crippen molar-refractivity contribution in [3.8, 4) is 0 Å². The number of H-pyrrole nitrogens is 1. The zero-order valence-electron chi connectivity index (χ0n) is 14.6. The minimum atomic E-state index is -0.239. The number of carbonyl (C=O) groups excluding carboxylic acids is 1. The first kappa shape index (κ1) is 19.0. The molecule has 0 aliphatic rings. The van der Waals surface area contributed by atoms with Crippen molar-refractivity contribution < 1.29 is 9.53 Å². The van der Waals surface area contributed by atoms with E-state index in [-0.39, 0.29) is 22.8 Å². The topological polar surface area (TPSA) is 84.1 Å². The Kier molecular flexibility index (Phi) is 6.42. The number of aromatic amines is 1. The van der Waals surface area contributed by atoms with Crippen LogP contribution < -0.4 is 10.9 Å². The molecule has 0 aliphatic carbocycles. The summed E-state index contributed by atoms with van der Waals surface area (Å²) in [6.07, 6.45) is 0. The number of fused-ring (bicyclic) bond motifs is 1. The van der Waals surface area contributed by atoms with Crippen LogP contribution in [0.2, 0.25) is 0 Å². The number of rotatable bonds is 7. The van der Waals surface area contributed by atoms with Crippen molar-refractivity contribution >= 4 is 39.2 Å². The Morgan fingerprint density at radius 2 is 2.12 bits per heavy atom. The maximum absolute atomic E-state index is 12.2. The van der Waals surface area contributed by atoms with Gasteiger partial charge in [-0.05, 0) is 33.3 Å². The Bertz CT molecular complexity index is 785. The first-order valence-corrected chi connectivity index (χ1v) is 9.59. The molecule has 24 heavy (non-hydrogen) atoms. The number of nitrogens with zero attached hydrogens (tertiary/aromatic N) is 1. The van der Waals surface area contributed by atoms with Crippen LogP contribution in [-0.2, 0) is 15.3 Å². The molecule has 8 heteroatoms. The van der Waals surface area contributed by atoms with Crippen molar-refractivity contribution in [2.75, 3.05) is 13.7 Å². The molecule has 0 spiro atoms. The van der Waals surface area contributed by atoms with E-state index in [2.05, 4.69) is 15.3 Å². The highest BCUT2D eigenvalue weighted by molar-refractivity contribution is 7.99. The lowest BCUT2D eigenvalue weighted by Crippen LogP contribution is -2.40. The average Bonchev–Trinajstić information content (AvgIpc) is 2.80. The lowest BCUT2D eigenvalue weighted by Gasteiger charge is -2.16. The van der Waals surface area contributed by atoms with Crippen LogP contribution >= 0.6 is 23.1 Å². The molecule has 0 saturated carbocycles. The minimum absolute atomic E-state index is 0.0306. The van der Waals surface area contributed by atoms with Crippen LogP contribution in [0.3, 0.4) is 0 Å². The maximum Gasteiger partial charge on any atom is 0.259 e. The highest BCUT2D eigenvalue weighted by atomic mass is 32.2. The number of thiophene rings is 1. The van der Waals surface area contributed by atoms with Gasteiger partial charge in [0.05, 0.1) is 23.0 Å². The van der Waals surface area contributed by atoms with Crippen molar-refractivity contribution in [1.29, 1.82) is 0 Å². The van der Waals surface area contributed by atoms with E-state index < -0.39 is 0 Å². The van der Waals surface area contributed by atoms with E-state index in [9.17, 15) is 9.59 Å². The Labute approximate surface area is 149 Å². The molecule has 6 nitrogen and oxygen atoms in total. The fourth-order valence-corrected chi connectivity index (χ4v) is 4.11. The molecule has 0 fully saturated rings. The SMILES string of the molecule is COCC(C)NC(=O)C(C)SCc1nc2sc(C)c(C)c2c(=O)[nH]1. The van der Waals surface area contributed by atoms with E-state index in [0.717, 1.165) is 15.3 Å². The van der Waals surface area contributed by atoms with E-state index in [0.29, 0.717) is 23.6 Å². The number of nitrogens with one attached hydrogen (secondary N) is 2. The number of aromatic nitrogens is 2. The van der Waals surface area contributed by atoms with E-state index >= 15 is 0 Å². The largest absolute Gasteiger partial charge is 0.383 e. The monoisotopic (exact) mass is 369 g/mol. The summed E-state index contributed by atoms with van der Waals surface area (Å²) in [6.45, 7) is 8.14. The van der Waals surface area contributed by atoms with Gasteiger partial charge in [0.15, 0.2) is 0 Å². The first-order valence-electron chi connectivity index (χ1n) is 7.73. The number of amides is 1. The summed E-state index contributed by atoms with van der Waals surface area (Å²) in [4.78, 5) is 33.6. The van der Waals surface area contributed by atoms with E-state index in [1.54, 1.807) is 7.11 Å². The van der Waals surface area contributed by atoms with Gasteiger partial charge in [-0.1, -0.05) is 0 Å². The third kappa shape index (κ3) is 4.37. The molecule has 2 aromatic rings. The Morgan fingerprint density at radius 1 is 1.42 bits per heavy atom. The minimum Gasteiger partial charge on any atom is -0.383 e. The maximum atomic E-state index is 12.2. The van der Waals surface area contributed by atoms with Gasteiger partial charge in [0.1, 0.15) is 10.7 Å². The van der Waals surface area contributed by atoms with Gasteiger partial charge in [0, 0.05) is 18.0 Å². The first-order chi connectivity index (χ1) is 11.3. The van der Waals surface area contributed by atoms with E-state index in [1.807, 2.05) is 27.7 Å². The molecule has 1 amide bonds. The highest BCUT2D eigenvalue weighted by Gasteiger charge is 2.17. The van der Waals surface area contributed by atoms with Gasteiger partial charge in [0.2, 0.25) is 5.91 Å². The molecule has 0 radical (unpaired) electrons. The molecule has 0 aliphatic heterocycles. The fraction of sp³-hybridized carbons (Fsp3) is 0.562. The summed E-state index contributed by atoms with van der Waals surface area (Å²) in [5.41, 5.74) is 0.881. The molecule has 2 atom stereocenters. The van der Waals surface area contributed by atoms with Crippen LogP contribution in [0, 0.1) is 13.8 Å². The number of hydrogen-bond donors (Lipinski definition) is 2. The van der Waals surface area contributed by atoms with Gasteiger partial charge < -0.3 is 15.0 Å². The number of aryl methyl sites for hydroxylation is 2. The van der Waals surface area contributed by atoms with Gasteiger partial charge in [-0.15, -0.1) is 23.1 Å². The van der Waals surface area contributed by atoms with Crippen LogP contribution in [0.5, 0.6) is 0 Å². The predicted molar refractivity (Wildman–Crippen MR) is 100.0 cm³/mol. The number of hydrogen-bond acceptors (Lipinski definition) is 6. The van der Waals surface area contributed by atoms with Gasteiger partial charge in [-0.25, -0.2) is 4.98 Å². The molecule has 132 valence electrons. The lowest BCUT2D eigenvalue weighted by molar-refractivity contribution is -0.121. The summed E-state index contributed by atoms with van der Waals surface area (Å²) >= 11 is 2.97. The summed E-state index contributed by atoms with van der Waals surface area (Å²) in [7, 11) is 1.60. The molecule has 0 saturated heterocycles. The van der Waals surface area contributed by atoms with Crippen molar-refractivity contribution in [3.63, 3.8) is 0 Å². The molecule has 2 N–H and O–H groups in total. The van der Waals surface area contributed by atoms with Gasteiger partial charge in [0.25, 0.3) is 5.56 Å². The summed E-state index contributed by atoms with van der Waals surface area (Å²) in [5.74, 6) is 1.04. The quantitative estimate of drug-likeness (QED) is 0.783. The van der Waals surface area contributed by atoms with Crippen LogP contribution in [0.15, 0.2) is 4.79 Å². The highest BCUT2D eigenvalue weighted by Crippen LogP contribution is 2.26. The number of methoxy groups -OCH3 is 1. The van der Waals surface area contributed by atoms with Gasteiger partial charge in [-0.2, -0.15) is 0 Å². The molecule has 2 rings (SSSR count). The molecule has 2 unspecified atom stereocenters. The van der Waals surface area contributed by atoms with Crippen LogP contribution in [-0.4, -0.2) is 40.9 Å². The van der Waals surface area contributed by atoms with Crippen molar-refractivity contribution in [2.45, 2.75) is 44.7 Å². The smallest absolute Gasteiger partial charge is 0.259 e. The van der Waals surface area contributed by atoms with Crippen molar-refractivity contribution in [3.05, 3.63) is 26.6 Å². The van der Waals surface area contributed by atoms with Crippen molar-refractivity contribution in [2.24, 2.45) is 0 Å². The third-order valence-electron chi connectivity index (χ3n) is 3.73. The third-order valence-corrected chi connectivity index (χ3v) is 5.99.